The van der Waals surface area contributed by atoms with Crippen LogP contribution in [-0.2, 0) is 9.59 Å². The van der Waals surface area contributed by atoms with Crippen LogP contribution < -0.4 is 0 Å². The summed E-state index contributed by atoms with van der Waals surface area (Å²) in [6, 6.07) is 21.3. The number of hydrogen-bond acceptors (Lipinski definition) is 4. The topological polar surface area (TPSA) is 47.1 Å². The number of piperidine rings is 1. The second-order valence-corrected chi connectivity index (χ2v) is 9.00. The predicted octanol–water partition coefficient (Wildman–Crippen LogP) is 2.47. The molecule has 2 saturated heterocycles. The Morgan fingerprint density at radius 1 is 0.812 bits per heavy atom. The SMILES string of the molecule is CN1CCC(N(C)C(=O)C(=O)N2CCN(C(c3ccccc3)c3ccccc3)CC2)CC1. The molecule has 2 aliphatic rings. The lowest BCUT2D eigenvalue weighted by atomic mass is 9.96. The molecule has 0 N–H and O–H groups in total. The molecule has 0 saturated carbocycles. The maximum absolute atomic E-state index is 13.0. The summed E-state index contributed by atoms with van der Waals surface area (Å²) in [7, 11) is 3.88. The Hall–Kier alpha value is -2.70. The van der Waals surface area contributed by atoms with Gasteiger partial charge < -0.3 is 14.7 Å². The smallest absolute Gasteiger partial charge is 0.312 e. The van der Waals surface area contributed by atoms with Crippen LogP contribution in [0.25, 0.3) is 0 Å². The Morgan fingerprint density at radius 2 is 1.31 bits per heavy atom. The number of likely N-dealkylation sites (N-methyl/N-ethyl adjacent to an activating group) is 1. The van der Waals surface area contributed by atoms with Gasteiger partial charge in [0.1, 0.15) is 0 Å². The normalized spacial score (nSPS) is 18.7. The largest absolute Gasteiger partial charge is 0.334 e. The highest BCUT2D eigenvalue weighted by Crippen LogP contribution is 2.29. The Labute approximate surface area is 191 Å². The average molecular weight is 435 g/mol. The molecule has 0 unspecified atom stereocenters. The molecule has 2 amide bonds. The Balaban J connectivity index is 1.40. The Bertz CT molecular complexity index is 849. The van der Waals surface area contributed by atoms with Crippen LogP contribution in [0, 0.1) is 0 Å². The van der Waals surface area contributed by atoms with Gasteiger partial charge in [0.15, 0.2) is 0 Å². The molecule has 2 heterocycles. The minimum Gasteiger partial charge on any atom is -0.334 e. The lowest BCUT2D eigenvalue weighted by Gasteiger charge is -2.40. The highest BCUT2D eigenvalue weighted by atomic mass is 16.2. The van der Waals surface area contributed by atoms with Crippen LogP contribution >= 0.6 is 0 Å². The van der Waals surface area contributed by atoms with Gasteiger partial charge in [-0.25, -0.2) is 0 Å². The first-order valence-corrected chi connectivity index (χ1v) is 11.6. The fraction of sp³-hybridized carbons (Fsp3) is 0.462. The number of carbonyl (C=O) groups excluding carboxylic acids is 2. The maximum Gasteiger partial charge on any atom is 0.312 e. The molecule has 2 aliphatic heterocycles. The number of likely N-dealkylation sites (tertiary alicyclic amines) is 1. The summed E-state index contributed by atoms with van der Waals surface area (Å²) < 4.78 is 0. The van der Waals surface area contributed by atoms with E-state index >= 15 is 0 Å². The number of benzene rings is 2. The molecule has 170 valence electrons. The van der Waals surface area contributed by atoms with E-state index in [1.54, 1.807) is 16.8 Å². The van der Waals surface area contributed by atoms with Crippen LogP contribution in [0.4, 0.5) is 0 Å². The van der Waals surface area contributed by atoms with Gasteiger partial charge in [0.05, 0.1) is 6.04 Å². The fourth-order valence-electron chi connectivity index (χ4n) is 4.90. The molecule has 32 heavy (non-hydrogen) atoms. The number of rotatable bonds is 4. The molecule has 2 fully saturated rings. The number of piperazine rings is 1. The monoisotopic (exact) mass is 434 g/mol. The van der Waals surface area contributed by atoms with Gasteiger partial charge in [-0.05, 0) is 44.1 Å². The van der Waals surface area contributed by atoms with Crippen LogP contribution in [-0.4, -0.2) is 90.8 Å². The molecule has 0 aliphatic carbocycles. The zero-order chi connectivity index (χ0) is 22.5. The van der Waals surface area contributed by atoms with E-state index in [-0.39, 0.29) is 23.9 Å². The molecule has 4 rings (SSSR count). The summed E-state index contributed by atoms with van der Waals surface area (Å²) in [5, 5.41) is 0. The third kappa shape index (κ3) is 5.03. The predicted molar refractivity (Wildman–Crippen MR) is 126 cm³/mol. The van der Waals surface area contributed by atoms with Crippen molar-refractivity contribution in [2.75, 3.05) is 53.4 Å². The van der Waals surface area contributed by atoms with Crippen molar-refractivity contribution in [3.63, 3.8) is 0 Å². The maximum atomic E-state index is 13.0. The van der Waals surface area contributed by atoms with Crippen LogP contribution in [0.5, 0.6) is 0 Å². The summed E-state index contributed by atoms with van der Waals surface area (Å²) in [4.78, 5) is 34.0. The van der Waals surface area contributed by atoms with E-state index in [9.17, 15) is 9.59 Å². The van der Waals surface area contributed by atoms with Crippen molar-refractivity contribution in [1.82, 2.24) is 19.6 Å². The van der Waals surface area contributed by atoms with Gasteiger partial charge in [-0.1, -0.05) is 60.7 Å². The quantitative estimate of drug-likeness (QED) is 0.694. The van der Waals surface area contributed by atoms with Crippen molar-refractivity contribution in [1.29, 1.82) is 0 Å². The first-order chi connectivity index (χ1) is 15.5. The number of carbonyl (C=O) groups is 2. The van der Waals surface area contributed by atoms with Crippen molar-refractivity contribution in [2.45, 2.75) is 24.9 Å². The van der Waals surface area contributed by atoms with Crippen LogP contribution in [0.15, 0.2) is 60.7 Å². The Kier molecular flexibility index (Phi) is 7.22. The van der Waals surface area contributed by atoms with E-state index in [2.05, 4.69) is 65.4 Å². The van der Waals surface area contributed by atoms with Gasteiger partial charge in [0.25, 0.3) is 0 Å². The van der Waals surface area contributed by atoms with Crippen molar-refractivity contribution < 1.29 is 9.59 Å². The minimum absolute atomic E-state index is 0.146. The molecule has 6 heteroatoms. The molecule has 2 aromatic rings. The lowest BCUT2D eigenvalue weighted by molar-refractivity contribution is -0.153. The first-order valence-electron chi connectivity index (χ1n) is 11.6. The van der Waals surface area contributed by atoms with E-state index in [1.807, 2.05) is 12.1 Å². The molecule has 0 bridgehead atoms. The third-order valence-electron chi connectivity index (χ3n) is 6.94. The third-order valence-corrected chi connectivity index (χ3v) is 6.94. The van der Waals surface area contributed by atoms with Crippen molar-refractivity contribution in [3.8, 4) is 0 Å². The lowest BCUT2D eigenvalue weighted by Crippen LogP contribution is -2.55. The van der Waals surface area contributed by atoms with E-state index in [0.29, 0.717) is 13.1 Å². The summed E-state index contributed by atoms with van der Waals surface area (Å²) in [5.41, 5.74) is 2.49. The average Bonchev–Trinajstić information content (AvgIpc) is 2.85. The molecule has 0 spiro atoms. The van der Waals surface area contributed by atoms with Gasteiger partial charge in [0, 0.05) is 39.3 Å². The summed E-state index contributed by atoms with van der Waals surface area (Å²) in [6.45, 7) is 4.56. The number of hydrogen-bond donors (Lipinski definition) is 0. The highest BCUT2D eigenvalue weighted by molar-refractivity contribution is 6.34. The molecular formula is C26H34N4O2. The molecule has 0 aromatic heterocycles. The van der Waals surface area contributed by atoms with Crippen molar-refractivity contribution in [3.05, 3.63) is 71.8 Å². The molecule has 0 atom stereocenters. The van der Waals surface area contributed by atoms with Crippen molar-refractivity contribution >= 4 is 11.8 Å². The second-order valence-electron chi connectivity index (χ2n) is 9.00. The summed E-state index contributed by atoms with van der Waals surface area (Å²) >= 11 is 0. The van der Waals surface area contributed by atoms with Gasteiger partial charge >= 0.3 is 11.8 Å². The number of nitrogens with zero attached hydrogens (tertiary/aromatic N) is 4. The van der Waals surface area contributed by atoms with E-state index in [4.69, 9.17) is 0 Å². The minimum atomic E-state index is -0.365. The van der Waals surface area contributed by atoms with Gasteiger partial charge in [-0.2, -0.15) is 0 Å². The molecule has 0 radical (unpaired) electrons. The number of amides is 2. The van der Waals surface area contributed by atoms with Crippen LogP contribution in [0.1, 0.15) is 30.0 Å². The van der Waals surface area contributed by atoms with E-state index in [0.717, 1.165) is 39.0 Å². The zero-order valence-electron chi connectivity index (χ0n) is 19.2. The Morgan fingerprint density at radius 3 is 1.81 bits per heavy atom. The van der Waals surface area contributed by atoms with Crippen molar-refractivity contribution in [2.24, 2.45) is 0 Å². The molecule has 6 nitrogen and oxygen atoms in total. The summed E-state index contributed by atoms with van der Waals surface area (Å²) in [6.07, 6.45) is 1.85. The molecular weight excluding hydrogens is 400 g/mol. The fourth-order valence-corrected chi connectivity index (χ4v) is 4.90. The second kappa shape index (κ2) is 10.3. The zero-order valence-corrected chi connectivity index (χ0v) is 19.2. The highest BCUT2D eigenvalue weighted by Gasteiger charge is 2.34. The van der Waals surface area contributed by atoms with Gasteiger partial charge in [0.2, 0.25) is 0 Å². The van der Waals surface area contributed by atoms with Gasteiger partial charge in [-0.3, -0.25) is 14.5 Å². The van der Waals surface area contributed by atoms with Gasteiger partial charge in [-0.15, -0.1) is 0 Å². The van der Waals surface area contributed by atoms with E-state index in [1.165, 1.54) is 11.1 Å². The summed E-state index contributed by atoms with van der Waals surface area (Å²) in [5.74, 6) is -0.724. The first kappa shape index (κ1) is 22.5. The standard InChI is InChI=1S/C26H34N4O2/c1-27-15-13-23(14-16-27)28(2)25(31)26(32)30-19-17-29(18-20-30)24(21-9-5-3-6-10-21)22-11-7-4-8-12-22/h3-12,23-24H,13-20H2,1-2H3. The van der Waals surface area contributed by atoms with Crippen LogP contribution in [0.2, 0.25) is 0 Å². The van der Waals surface area contributed by atoms with Crippen LogP contribution in [0.3, 0.4) is 0 Å². The molecule has 2 aromatic carbocycles. The van der Waals surface area contributed by atoms with E-state index < -0.39 is 0 Å².